The van der Waals surface area contributed by atoms with Crippen molar-refractivity contribution in [3.05, 3.63) is 28.7 Å². The van der Waals surface area contributed by atoms with Crippen LogP contribution in [0.2, 0.25) is 0 Å². The average Bonchev–Trinajstić information content (AvgIpc) is 2.89. The lowest BCUT2D eigenvalue weighted by Crippen LogP contribution is -2.50. The molecule has 2 amide bonds. The summed E-state index contributed by atoms with van der Waals surface area (Å²) in [7, 11) is 1.58. The van der Waals surface area contributed by atoms with Gasteiger partial charge in [0, 0.05) is 25.3 Å². The fourth-order valence-electron chi connectivity index (χ4n) is 3.10. The standard InChI is InChI=1S/C17H22N4O4/c1-3-21-8-4-5-12(10-21)19-16(23)15(22)18-11-6-7-14-13(9-11)20(2)17(24)25-14/h6-7,9,12H,3-5,8,10H2,1-2H3,(H,18,22)(H,19,23)/t12-/m0/s1. The Balaban J connectivity index is 1.64. The van der Waals surface area contributed by atoms with Crippen LogP contribution in [0.25, 0.3) is 11.1 Å². The van der Waals surface area contributed by atoms with E-state index in [1.165, 1.54) is 4.57 Å². The molecule has 0 aliphatic carbocycles. The molecule has 134 valence electrons. The van der Waals surface area contributed by atoms with Crippen LogP contribution in [0.5, 0.6) is 0 Å². The highest BCUT2D eigenvalue weighted by molar-refractivity contribution is 6.39. The van der Waals surface area contributed by atoms with Gasteiger partial charge in [-0.25, -0.2) is 4.79 Å². The Morgan fingerprint density at radius 3 is 2.88 bits per heavy atom. The highest BCUT2D eigenvalue weighted by Crippen LogP contribution is 2.17. The molecule has 1 aliphatic rings. The van der Waals surface area contributed by atoms with E-state index in [1.54, 1.807) is 25.2 Å². The van der Waals surface area contributed by atoms with Gasteiger partial charge in [-0.2, -0.15) is 0 Å². The lowest BCUT2D eigenvalue weighted by molar-refractivity contribution is -0.136. The molecule has 8 nitrogen and oxygen atoms in total. The highest BCUT2D eigenvalue weighted by Gasteiger charge is 2.23. The summed E-state index contributed by atoms with van der Waals surface area (Å²) in [4.78, 5) is 38.0. The van der Waals surface area contributed by atoms with Crippen LogP contribution >= 0.6 is 0 Å². The van der Waals surface area contributed by atoms with Crippen LogP contribution in [0.4, 0.5) is 5.69 Å². The molecule has 1 atom stereocenters. The van der Waals surface area contributed by atoms with E-state index >= 15 is 0 Å². The topological polar surface area (TPSA) is 96.6 Å². The van der Waals surface area contributed by atoms with Crippen LogP contribution in [-0.4, -0.2) is 47.0 Å². The highest BCUT2D eigenvalue weighted by atomic mass is 16.4. The number of aromatic nitrogens is 1. The van der Waals surface area contributed by atoms with Crippen molar-refractivity contribution in [2.75, 3.05) is 25.0 Å². The number of carbonyl (C=O) groups is 2. The molecule has 2 aromatic rings. The number of hydrogen-bond donors (Lipinski definition) is 2. The van der Waals surface area contributed by atoms with Gasteiger partial charge in [0.05, 0.1) is 5.52 Å². The van der Waals surface area contributed by atoms with Gasteiger partial charge in [0.1, 0.15) is 0 Å². The van der Waals surface area contributed by atoms with Crippen molar-refractivity contribution in [2.45, 2.75) is 25.8 Å². The number of likely N-dealkylation sites (N-methyl/N-ethyl adjacent to an activating group) is 1. The lowest BCUT2D eigenvalue weighted by atomic mass is 10.1. The van der Waals surface area contributed by atoms with Gasteiger partial charge >= 0.3 is 17.6 Å². The second-order valence-electron chi connectivity index (χ2n) is 6.27. The van der Waals surface area contributed by atoms with Crippen molar-refractivity contribution in [1.82, 2.24) is 14.8 Å². The first kappa shape index (κ1) is 17.2. The number of oxazole rings is 1. The van der Waals surface area contributed by atoms with E-state index in [4.69, 9.17) is 4.42 Å². The summed E-state index contributed by atoms with van der Waals surface area (Å²) in [6.45, 7) is 4.80. The number of likely N-dealkylation sites (tertiary alicyclic amines) is 1. The number of piperidine rings is 1. The zero-order valence-electron chi connectivity index (χ0n) is 14.4. The third-order valence-corrected chi connectivity index (χ3v) is 4.54. The van der Waals surface area contributed by atoms with Gasteiger partial charge in [0.25, 0.3) is 0 Å². The van der Waals surface area contributed by atoms with Crippen LogP contribution in [-0.2, 0) is 16.6 Å². The number of anilines is 1. The quantitative estimate of drug-likeness (QED) is 0.797. The maximum atomic E-state index is 12.1. The second-order valence-corrected chi connectivity index (χ2v) is 6.27. The summed E-state index contributed by atoms with van der Waals surface area (Å²) in [5, 5.41) is 5.35. The number of benzene rings is 1. The molecule has 1 aromatic heterocycles. The smallest absolute Gasteiger partial charge is 0.408 e. The zero-order chi connectivity index (χ0) is 18.0. The third kappa shape index (κ3) is 3.74. The summed E-state index contributed by atoms with van der Waals surface area (Å²) in [6.07, 6.45) is 1.88. The Kier molecular flexibility index (Phi) is 4.89. The fraction of sp³-hybridized carbons (Fsp3) is 0.471. The van der Waals surface area contributed by atoms with Crippen molar-refractivity contribution in [3.8, 4) is 0 Å². The van der Waals surface area contributed by atoms with Gasteiger partial charge in [0.15, 0.2) is 5.58 Å². The molecule has 0 saturated carbocycles. The molecule has 1 fully saturated rings. The number of aryl methyl sites for hydroxylation is 1. The molecule has 1 aliphatic heterocycles. The molecular formula is C17H22N4O4. The minimum absolute atomic E-state index is 0.0101. The Bertz CT molecular complexity index is 854. The van der Waals surface area contributed by atoms with Crippen molar-refractivity contribution in [2.24, 2.45) is 7.05 Å². The molecule has 3 rings (SSSR count). The summed E-state index contributed by atoms with van der Waals surface area (Å²) >= 11 is 0. The molecular weight excluding hydrogens is 324 g/mol. The molecule has 25 heavy (non-hydrogen) atoms. The van der Waals surface area contributed by atoms with Crippen LogP contribution < -0.4 is 16.4 Å². The molecule has 2 heterocycles. The summed E-state index contributed by atoms with van der Waals surface area (Å²) in [5.74, 6) is -1.85. The molecule has 2 N–H and O–H groups in total. The van der Waals surface area contributed by atoms with E-state index in [0.29, 0.717) is 16.8 Å². The minimum atomic E-state index is -0.721. The SMILES string of the molecule is CCN1CCC[C@H](NC(=O)C(=O)Nc2ccc3oc(=O)n(C)c3c2)C1. The number of fused-ring (bicyclic) bond motifs is 1. The molecule has 0 spiro atoms. The van der Waals surface area contributed by atoms with Gasteiger partial charge < -0.3 is 20.0 Å². The first-order chi connectivity index (χ1) is 12.0. The number of amides is 2. The normalized spacial score (nSPS) is 18.2. The Hall–Kier alpha value is -2.61. The molecule has 0 unspecified atom stereocenters. The van der Waals surface area contributed by atoms with Crippen molar-refractivity contribution in [1.29, 1.82) is 0 Å². The third-order valence-electron chi connectivity index (χ3n) is 4.54. The monoisotopic (exact) mass is 346 g/mol. The van der Waals surface area contributed by atoms with Gasteiger partial charge in [-0.3, -0.25) is 14.2 Å². The zero-order valence-corrected chi connectivity index (χ0v) is 14.4. The molecule has 1 saturated heterocycles. The van der Waals surface area contributed by atoms with E-state index in [-0.39, 0.29) is 6.04 Å². The number of rotatable bonds is 3. The van der Waals surface area contributed by atoms with Crippen LogP contribution in [0, 0.1) is 0 Å². The molecule has 0 radical (unpaired) electrons. The van der Waals surface area contributed by atoms with Crippen LogP contribution in [0.15, 0.2) is 27.4 Å². The predicted molar refractivity (Wildman–Crippen MR) is 93.4 cm³/mol. The van der Waals surface area contributed by atoms with Gasteiger partial charge in [-0.05, 0) is 44.1 Å². The van der Waals surface area contributed by atoms with Crippen LogP contribution in [0.1, 0.15) is 19.8 Å². The van der Waals surface area contributed by atoms with Crippen molar-refractivity contribution in [3.63, 3.8) is 0 Å². The van der Waals surface area contributed by atoms with E-state index < -0.39 is 17.6 Å². The number of carbonyl (C=O) groups excluding carboxylic acids is 2. The Morgan fingerprint density at radius 1 is 1.32 bits per heavy atom. The predicted octanol–water partition coefficient (Wildman–Crippen LogP) is 0.670. The number of hydrogen-bond acceptors (Lipinski definition) is 5. The maximum absolute atomic E-state index is 12.1. The molecule has 8 heteroatoms. The summed E-state index contributed by atoms with van der Waals surface area (Å²) in [5.41, 5.74) is 1.41. The Morgan fingerprint density at radius 2 is 2.12 bits per heavy atom. The maximum Gasteiger partial charge on any atom is 0.419 e. The average molecular weight is 346 g/mol. The second kappa shape index (κ2) is 7.10. The minimum Gasteiger partial charge on any atom is -0.408 e. The van der Waals surface area contributed by atoms with E-state index in [9.17, 15) is 14.4 Å². The van der Waals surface area contributed by atoms with Gasteiger partial charge in [0.2, 0.25) is 0 Å². The molecule has 0 bridgehead atoms. The largest absolute Gasteiger partial charge is 0.419 e. The lowest BCUT2D eigenvalue weighted by Gasteiger charge is -2.32. The van der Waals surface area contributed by atoms with E-state index in [1.807, 2.05) is 0 Å². The van der Waals surface area contributed by atoms with E-state index in [2.05, 4.69) is 22.5 Å². The summed E-state index contributed by atoms with van der Waals surface area (Å²) < 4.78 is 6.38. The van der Waals surface area contributed by atoms with E-state index in [0.717, 1.165) is 32.5 Å². The first-order valence-electron chi connectivity index (χ1n) is 8.41. The van der Waals surface area contributed by atoms with Gasteiger partial charge in [-0.1, -0.05) is 6.92 Å². The van der Waals surface area contributed by atoms with Crippen molar-refractivity contribution < 1.29 is 14.0 Å². The van der Waals surface area contributed by atoms with Crippen molar-refractivity contribution >= 4 is 28.6 Å². The van der Waals surface area contributed by atoms with Gasteiger partial charge in [-0.15, -0.1) is 0 Å². The summed E-state index contributed by atoms with van der Waals surface area (Å²) in [6, 6.07) is 4.77. The molecule has 1 aromatic carbocycles. The fourth-order valence-corrected chi connectivity index (χ4v) is 3.10. The van der Waals surface area contributed by atoms with Crippen LogP contribution in [0.3, 0.4) is 0 Å². The Labute approximate surface area is 144 Å². The number of nitrogens with zero attached hydrogens (tertiary/aromatic N) is 2. The first-order valence-corrected chi connectivity index (χ1v) is 8.41. The number of nitrogens with one attached hydrogen (secondary N) is 2.